The summed E-state index contributed by atoms with van der Waals surface area (Å²) in [4.78, 5) is 1.78. The second-order valence-corrected chi connectivity index (χ2v) is 4.22. The molecular formula is C12H16F2N2O. The molecule has 2 N–H and O–H groups in total. The summed E-state index contributed by atoms with van der Waals surface area (Å²) in [5.41, 5.74) is 6.17. The fourth-order valence-corrected chi connectivity index (χ4v) is 2.19. The molecule has 0 aromatic heterocycles. The van der Waals surface area contributed by atoms with Crippen LogP contribution in [0.1, 0.15) is 12.8 Å². The summed E-state index contributed by atoms with van der Waals surface area (Å²) in [5, 5.41) is 0. The van der Waals surface area contributed by atoms with Gasteiger partial charge in [-0.15, -0.1) is 0 Å². The molecule has 1 fully saturated rings. The topological polar surface area (TPSA) is 38.5 Å². The highest BCUT2D eigenvalue weighted by molar-refractivity contribution is 5.68. The zero-order valence-corrected chi connectivity index (χ0v) is 9.75. The van der Waals surface area contributed by atoms with Gasteiger partial charge in [0.2, 0.25) is 0 Å². The Bertz CT molecular complexity index is 404. The summed E-state index contributed by atoms with van der Waals surface area (Å²) in [6.45, 7) is 1.26. The Kier molecular flexibility index (Phi) is 3.47. The first-order valence-corrected chi connectivity index (χ1v) is 5.64. The molecule has 0 saturated carbocycles. The third-order valence-electron chi connectivity index (χ3n) is 3.19. The van der Waals surface area contributed by atoms with Crippen molar-refractivity contribution >= 4 is 11.4 Å². The Balaban J connectivity index is 2.21. The van der Waals surface area contributed by atoms with Crippen LogP contribution >= 0.6 is 0 Å². The molecule has 1 aromatic rings. The quantitative estimate of drug-likeness (QED) is 0.808. The number of nitrogens with zero attached hydrogens (tertiary/aromatic N) is 1. The number of anilines is 2. The van der Waals surface area contributed by atoms with Crippen LogP contribution < -0.4 is 10.6 Å². The van der Waals surface area contributed by atoms with Gasteiger partial charge in [-0.1, -0.05) is 0 Å². The Morgan fingerprint density at radius 3 is 2.53 bits per heavy atom. The van der Waals surface area contributed by atoms with E-state index in [-0.39, 0.29) is 17.5 Å². The molecule has 94 valence electrons. The van der Waals surface area contributed by atoms with Gasteiger partial charge in [-0.2, -0.15) is 0 Å². The van der Waals surface area contributed by atoms with Gasteiger partial charge in [0, 0.05) is 20.2 Å². The van der Waals surface area contributed by atoms with E-state index in [4.69, 9.17) is 10.5 Å². The number of methoxy groups -OCH3 is 1. The number of hydrogen-bond donors (Lipinski definition) is 1. The highest BCUT2D eigenvalue weighted by Crippen LogP contribution is 2.31. The maximum Gasteiger partial charge on any atom is 0.184 e. The van der Waals surface area contributed by atoms with E-state index < -0.39 is 11.6 Å². The number of rotatable bonds is 2. The Morgan fingerprint density at radius 1 is 1.29 bits per heavy atom. The largest absolute Gasteiger partial charge is 0.397 e. The van der Waals surface area contributed by atoms with Gasteiger partial charge in [-0.25, -0.2) is 8.78 Å². The van der Waals surface area contributed by atoms with Gasteiger partial charge in [-0.05, 0) is 25.0 Å². The molecule has 1 aromatic carbocycles. The number of ether oxygens (including phenoxy) is 1. The van der Waals surface area contributed by atoms with E-state index in [0.717, 1.165) is 18.9 Å². The smallest absolute Gasteiger partial charge is 0.184 e. The summed E-state index contributed by atoms with van der Waals surface area (Å²) in [5.74, 6) is -1.72. The Hall–Kier alpha value is -1.36. The molecule has 0 bridgehead atoms. The van der Waals surface area contributed by atoms with Crippen LogP contribution in [0.5, 0.6) is 0 Å². The van der Waals surface area contributed by atoms with Gasteiger partial charge >= 0.3 is 0 Å². The molecule has 0 radical (unpaired) electrons. The van der Waals surface area contributed by atoms with Gasteiger partial charge < -0.3 is 15.4 Å². The van der Waals surface area contributed by atoms with Crippen LogP contribution in [0.2, 0.25) is 0 Å². The second-order valence-electron chi connectivity index (χ2n) is 4.22. The van der Waals surface area contributed by atoms with Crippen LogP contribution in [-0.2, 0) is 4.74 Å². The maximum absolute atomic E-state index is 13.7. The normalized spacial score (nSPS) is 17.5. The fraction of sp³-hybridized carbons (Fsp3) is 0.500. The lowest BCUT2D eigenvalue weighted by molar-refractivity contribution is 0.0818. The number of halogens is 2. The predicted octanol–water partition coefficient (Wildman–Crippen LogP) is 2.16. The van der Waals surface area contributed by atoms with E-state index in [1.54, 1.807) is 12.0 Å². The highest BCUT2D eigenvalue weighted by Gasteiger charge is 2.24. The number of benzene rings is 1. The summed E-state index contributed by atoms with van der Waals surface area (Å²) in [6, 6.07) is 2.45. The van der Waals surface area contributed by atoms with Crippen molar-refractivity contribution in [2.24, 2.45) is 0 Å². The molecule has 3 nitrogen and oxygen atoms in total. The monoisotopic (exact) mass is 242 g/mol. The van der Waals surface area contributed by atoms with E-state index in [1.807, 2.05) is 0 Å². The van der Waals surface area contributed by atoms with Gasteiger partial charge in [0.25, 0.3) is 0 Å². The van der Waals surface area contributed by atoms with Gasteiger partial charge in [-0.3, -0.25) is 0 Å². The highest BCUT2D eigenvalue weighted by atomic mass is 19.2. The average molecular weight is 242 g/mol. The van der Waals surface area contributed by atoms with Gasteiger partial charge in [0.1, 0.15) is 0 Å². The molecule has 0 unspecified atom stereocenters. The minimum absolute atomic E-state index is 0.180. The molecule has 1 aliphatic rings. The summed E-state index contributed by atoms with van der Waals surface area (Å²) in [6.07, 6.45) is 1.79. The Labute approximate surface area is 99.2 Å². The van der Waals surface area contributed by atoms with E-state index >= 15 is 0 Å². The van der Waals surface area contributed by atoms with Crippen LogP contribution in [0.25, 0.3) is 0 Å². The van der Waals surface area contributed by atoms with Crippen molar-refractivity contribution in [1.29, 1.82) is 0 Å². The molecule has 0 aliphatic carbocycles. The minimum atomic E-state index is -0.860. The maximum atomic E-state index is 13.7. The number of nitrogen functional groups attached to an aromatic ring is 1. The van der Waals surface area contributed by atoms with Crippen LogP contribution in [0.3, 0.4) is 0 Å². The van der Waals surface area contributed by atoms with Crippen molar-refractivity contribution in [2.45, 2.75) is 18.9 Å². The molecule has 2 rings (SSSR count). The summed E-state index contributed by atoms with van der Waals surface area (Å²) >= 11 is 0. The van der Waals surface area contributed by atoms with E-state index in [9.17, 15) is 8.78 Å². The zero-order valence-electron chi connectivity index (χ0n) is 9.75. The number of piperidine rings is 1. The third-order valence-corrected chi connectivity index (χ3v) is 3.19. The van der Waals surface area contributed by atoms with Crippen molar-refractivity contribution in [3.63, 3.8) is 0 Å². The first kappa shape index (κ1) is 12.1. The molecule has 0 atom stereocenters. The first-order valence-electron chi connectivity index (χ1n) is 5.64. The molecule has 17 heavy (non-hydrogen) atoms. The lowest BCUT2D eigenvalue weighted by atomic mass is 10.1. The third kappa shape index (κ3) is 2.34. The van der Waals surface area contributed by atoms with Crippen LogP contribution in [0, 0.1) is 11.6 Å². The predicted molar refractivity (Wildman–Crippen MR) is 63.0 cm³/mol. The molecular weight excluding hydrogens is 226 g/mol. The van der Waals surface area contributed by atoms with Gasteiger partial charge in [0.15, 0.2) is 11.6 Å². The molecule has 1 heterocycles. The molecule has 5 heteroatoms. The number of nitrogens with two attached hydrogens (primary N) is 1. The van der Waals surface area contributed by atoms with E-state index in [2.05, 4.69) is 0 Å². The van der Waals surface area contributed by atoms with Crippen LogP contribution in [0.4, 0.5) is 20.2 Å². The molecule has 0 amide bonds. The van der Waals surface area contributed by atoms with Crippen molar-refractivity contribution in [3.05, 3.63) is 23.8 Å². The van der Waals surface area contributed by atoms with Crippen molar-refractivity contribution in [2.75, 3.05) is 30.8 Å². The lowest BCUT2D eigenvalue weighted by Gasteiger charge is -2.33. The lowest BCUT2D eigenvalue weighted by Crippen LogP contribution is -2.37. The standard InChI is InChI=1S/C12H16F2N2O/c1-17-8-4-6-16(7-5-8)12-10(15)3-2-9(13)11(12)14/h2-3,8H,4-7,15H2,1H3. The molecule has 0 spiro atoms. The minimum Gasteiger partial charge on any atom is -0.397 e. The number of hydrogen-bond acceptors (Lipinski definition) is 3. The van der Waals surface area contributed by atoms with Crippen molar-refractivity contribution in [3.8, 4) is 0 Å². The summed E-state index contributed by atoms with van der Waals surface area (Å²) < 4.78 is 32.1. The fourth-order valence-electron chi connectivity index (χ4n) is 2.19. The van der Waals surface area contributed by atoms with Crippen molar-refractivity contribution in [1.82, 2.24) is 0 Å². The molecule has 1 aliphatic heterocycles. The van der Waals surface area contributed by atoms with E-state index in [1.165, 1.54) is 6.07 Å². The van der Waals surface area contributed by atoms with E-state index in [0.29, 0.717) is 13.1 Å². The van der Waals surface area contributed by atoms with Crippen LogP contribution in [0.15, 0.2) is 12.1 Å². The Morgan fingerprint density at radius 2 is 1.94 bits per heavy atom. The zero-order chi connectivity index (χ0) is 12.4. The summed E-state index contributed by atoms with van der Waals surface area (Å²) in [7, 11) is 1.66. The van der Waals surface area contributed by atoms with Gasteiger partial charge in [0.05, 0.1) is 17.5 Å². The SMILES string of the molecule is COC1CCN(c2c(N)ccc(F)c2F)CC1. The average Bonchev–Trinajstić information content (AvgIpc) is 2.35. The van der Waals surface area contributed by atoms with Crippen molar-refractivity contribution < 1.29 is 13.5 Å². The molecule has 1 saturated heterocycles. The van der Waals surface area contributed by atoms with Crippen LogP contribution in [-0.4, -0.2) is 26.3 Å². The second kappa shape index (κ2) is 4.87. The first-order chi connectivity index (χ1) is 8.13.